The number of nitrogen functional groups attached to an aromatic ring is 1. The van der Waals surface area contributed by atoms with Crippen LogP contribution in [0.4, 0.5) is 11.4 Å². The molecule has 0 heterocycles. The van der Waals surface area contributed by atoms with Crippen LogP contribution in [0.2, 0.25) is 0 Å². The zero-order valence-corrected chi connectivity index (χ0v) is 10.7. The summed E-state index contributed by atoms with van der Waals surface area (Å²) in [5.74, 6) is 0.00863. The number of carbonyl (C=O) groups is 1. The minimum Gasteiger partial charge on any atom is -0.399 e. The van der Waals surface area contributed by atoms with Crippen LogP contribution in [-0.2, 0) is 9.53 Å². The summed E-state index contributed by atoms with van der Waals surface area (Å²) in [6.45, 7) is 4.46. The first-order valence-corrected chi connectivity index (χ1v) is 5.70. The molecule has 0 radical (unpaired) electrons. The summed E-state index contributed by atoms with van der Waals surface area (Å²) in [5, 5.41) is 2.89. The van der Waals surface area contributed by atoms with Crippen molar-refractivity contribution in [3.05, 3.63) is 23.3 Å². The maximum absolute atomic E-state index is 11.6. The van der Waals surface area contributed by atoms with Crippen molar-refractivity contribution in [2.75, 3.05) is 24.8 Å². The van der Waals surface area contributed by atoms with Crippen molar-refractivity contribution in [1.82, 2.24) is 0 Å². The molecule has 0 saturated heterocycles. The van der Waals surface area contributed by atoms with Crippen molar-refractivity contribution in [3.63, 3.8) is 0 Å². The van der Waals surface area contributed by atoms with E-state index in [2.05, 4.69) is 5.32 Å². The molecule has 3 N–H and O–H groups in total. The Hall–Kier alpha value is -1.55. The van der Waals surface area contributed by atoms with Crippen LogP contribution in [0.1, 0.15) is 24.0 Å². The third-order valence-corrected chi connectivity index (χ3v) is 2.64. The van der Waals surface area contributed by atoms with Gasteiger partial charge in [-0.15, -0.1) is 0 Å². The van der Waals surface area contributed by atoms with Crippen LogP contribution in [0.5, 0.6) is 0 Å². The van der Waals surface area contributed by atoms with E-state index < -0.39 is 0 Å². The van der Waals surface area contributed by atoms with Gasteiger partial charge in [0.1, 0.15) is 0 Å². The summed E-state index contributed by atoms with van der Waals surface area (Å²) in [6, 6.07) is 3.78. The highest BCUT2D eigenvalue weighted by atomic mass is 16.5. The number of methoxy groups -OCH3 is 1. The largest absolute Gasteiger partial charge is 0.399 e. The van der Waals surface area contributed by atoms with Crippen molar-refractivity contribution in [2.45, 2.75) is 26.7 Å². The molecule has 0 atom stereocenters. The molecule has 1 amide bonds. The van der Waals surface area contributed by atoms with Crippen molar-refractivity contribution >= 4 is 17.3 Å². The number of carbonyl (C=O) groups excluding carboxylic acids is 1. The summed E-state index contributed by atoms with van der Waals surface area (Å²) < 4.78 is 4.90. The maximum atomic E-state index is 11.6. The minimum atomic E-state index is 0.00863. The van der Waals surface area contributed by atoms with Gasteiger partial charge in [-0.1, -0.05) is 0 Å². The smallest absolute Gasteiger partial charge is 0.224 e. The molecule has 0 aliphatic carbocycles. The number of benzene rings is 1. The van der Waals surface area contributed by atoms with Crippen molar-refractivity contribution < 1.29 is 9.53 Å². The highest BCUT2D eigenvalue weighted by molar-refractivity contribution is 5.91. The number of aryl methyl sites for hydroxylation is 2. The highest BCUT2D eigenvalue weighted by Gasteiger charge is 2.06. The molecule has 0 fully saturated rings. The number of anilines is 2. The molecule has 0 aliphatic rings. The standard InChI is InChI=1S/C13H20N2O2/c1-9-8-12(10(2)7-11(9)14)15-13(16)5-4-6-17-3/h7-8H,4-6,14H2,1-3H3,(H,15,16). The molecule has 0 aromatic heterocycles. The normalized spacial score (nSPS) is 10.3. The van der Waals surface area contributed by atoms with Crippen LogP contribution >= 0.6 is 0 Å². The first kappa shape index (κ1) is 13.5. The van der Waals surface area contributed by atoms with E-state index in [4.69, 9.17) is 10.5 Å². The monoisotopic (exact) mass is 236 g/mol. The second-order valence-electron chi connectivity index (χ2n) is 4.17. The summed E-state index contributed by atoms with van der Waals surface area (Å²) in [7, 11) is 1.63. The third kappa shape index (κ3) is 4.07. The maximum Gasteiger partial charge on any atom is 0.224 e. The number of hydrogen-bond donors (Lipinski definition) is 2. The fourth-order valence-electron chi connectivity index (χ4n) is 1.56. The first-order chi connectivity index (χ1) is 8.04. The van der Waals surface area contributed by atoms with Crippen LogP contribution in [0, 0.1) is 13.8 Å². The van der Waals surface area contributed by atoms with Gasteiger partial charge in [-0.3, -0.25) is 4.79 Å². The summed E-state index contributed by atoms with van der Waals surface area (Å²) >= 11 is 0. The molecule has 1 rings (SSSR count). The fraction of sp³-hybridized carbons (Fsp3) is 0.462. The van der Waals surface area contributed by atoms with Gasteiger partial charge in [0.2, 0.25) is 5.91 Å². The number of hydrogen-bond acceptors (Lipinski definition) is 3. The molecule has 0 aliphatic heterocycles. The molecule has 0 unspecified atom stereocenters. The molecule has 4 nitrogen and oxygen atoms in total. The number of rotatable bonds is 5. The molecule has 4 heteroatoms. The molecule has 1 aromatic rings. The van der Waals surface area contributed by atoms with Gasteiger partial charge in [-0.25, -0.2) is 0 Å². The Morgan fingerprint density at radius 2 is 2.06 bits per heavy atom. The van der Waals surface area contributed by atoms with Gasteiger partial charge in [0.05, 0.1) is 0 Å². The zero-order chi connectivity index (χ0) is 12.8. The number of nitrogens with one attached hydrogen (secondary N) is 1. The van der Waals surface area contributed by atoms with E-state index in [1.54, 1.807) is 7.11 Å². The van der Waals surface area contributed by atoms with Gasteiger partial charge in [-0.2, -0.15) is 0 Å². The van der Waals surface area contributed by atoms with E-state index in [0.29, 0.717) is 13.0 Å². The average Bonchev–Trinajstić information content (AvgIpc) is 2.26. The molecular weight excluding hydrogens is 216 g/mol. The highest BCUT2D eigenvalue weighted by Crippen LogP contribution is 2.22. The second-order valence-corrected chi connectivity index (χ2v) is 4.17. The number of ether oxygens (including phenoxy) is 1. The fourth-order valence-corrected chi connectivity index (χ4v) is 1.56. The van der Waals surface area contributed by atoms with Crippen LogP contribution in [0.15, 0.2) is 12.1 Å². The average molecular weight is 236 g/mol. The van der Waals surface area contributed by atoms with Gasteiger partial charge in [0.25, 0.3) is 0 Å². The van der Waals surface area contributed by atoms with Gasteiger partial charge in [-0.05, 0) is 43.5 Å². The Labute approximate surface area is 102 Å². The summed E-state index contributed by atoms with van der Waals surface area (Å²) in [4.78, 5) is 11.6. The van der Waals surface area contributed by atoms with Gasteiger partial charge < -0.3 is 15.8 Å². The molecule has 0 spiro atoms. The molecule has 94 valence electrons. The van der Waals surface area contributed by atoms with Gasteiger partial charge >= 0.3 is 0 Å². The van der Waals surface area contributed by atoms with E-state index in [1.165, 1.54) is 0 Å². The molecule has 1 aromatic carbocycles. The topological polar surface area (TPSA) is 64.3 Å². The van der Waals surface area contributed by atoms with Crippen molar-refractivity contribution in [1.29, 1.82) is 0 Å². The lowest BCUT2D eigenvalue weighted by Crippen LogP contribution is -2.13. The van der Waals surface area contributed by atoms with E-state index in [0.717, 1.165) is 28.9 Å². The second kappa shape index (κ2) is 6.25. The zero-order valence-electron chi connectivity index (χ0n) is 10.7. The number of amides is 1. The quantitative estimate of drug-likeness (QED) is 0.608. The van der Waals surface area contributed by atoms with E-state index >= 15 is 0 Å². The Bertz CT molecular complexity index is 403. The van der Waals surface area contributed by atoms with Gasteiger partial charge in [0, 0.05) is 31.5 Å². The van der Waals surface area contributed by atoms with Gasteiger partial charge in [0.15, 0.2) is 0 Å². The van der Waals surface area contributed by atoms with Crippen LogP contribution in [-0.4, -0.2) is 19.6 Å². The Morgan fingerprint density at radius 3 is 2.71 bits per heavy atom. The van der Waals surface area contributed by atoms with Crippen molar-refractivity contribution in [2.24, 2.45) is 0 Å². The molecular formula is C13H20N2O2. The van der Waals surface area contributed by atoms with Crippen molar-refractivity contribution in [3.8, 4) is 0 Å². The van der Waals surface area contributed by atoms with Crippen LogP contribution in [0.25, 0.3) is 0 Å². The molecule has 17 heavy (non-hydrogen) atoms. The van der Waals surface area contributed by atoms with Crippen LogP contribution < -0.4 is 11.1 Å². The Balaban J connectivity index is 2.62. The number of nitrogens with two attached hydrogens (primary N) is 1. The first-order valence-electron chi connectivity index (χ1n) is 5.70. The Kier molecular flexibility index (Phi) is 4.97. The van der Waals surface area contributed by atoms with E-state index in [1.807, 2.05) is 26.0 Å². The Morgan fingerprint density at radius 1 is 1.35 bits per heavy atom. The third-order valence-electron chi connectivity index (χ3n) is 2.64. The lowest BCUT2D eigenvalue weighted by molar-refractivity contribution is -0.116. The van der Waals surface area contributed by atoms with Crippen LogP contribution in [0.3, 0.4) is 0 Å². The summed E-state index contributed by atoms with van der Waals surface area (Å²) in [5.41, 5.74) is 9.33. The minimum absolute atomic E-state index is 0.00863. The predicted octanol–water partition coefficient (Wildman–Crippen LogP) is 2.25. The lowest BCUT2D eigenvalue weighted by atomic mass is 10.1. The van der Waals surface area contributed by atoms with E-state index in [9.17, 15) is 4.79 Å². The van der Waals surface area contributed by atoms with E-state index in [-0.39, 0.29) is 5.91 Å². The summed E-state index contributed by atoms with van der Waals surface area (Å²) in [6.07, 6.45) is 1.20. The molecule has 0 bridgehead atoms. The predicted molar refractivity (Wildman–Crippen MR) is 70.1 cm³/mol. The SMILES string of the molecule is COCCCC(=O)Nc1cc(C)c(N)cc1C. The molecule has 0 saturated carbocycles. The lowest BCUT2D eigenvalue weighted by Gasteiger charge is -2.11.